The summed E-state index contributed by atoms with van der Waals surface area (Å²) in [5.74, 6) is -1.21. The highest BCUT2D eigenvalue weighted by Crippen LogP contribution is 2.22. The molecule has 1 rings (SSSR count). The monoisotopic (exact) mass is 206 g/mol. The molecule has 0 aromatic carbocycles. The van der Waals surface area contributed by atoms with Crippen LogP contribution in [0.1, 0.15) is 4.88 Å². The normalized spacial score (nSPS) is 12.8. The number of thiophene rings is 1. The molecule has 0 saturated heterocycles. The fourth-order valence-electron chi connectivity index (χ4n) is 0.739. The molecule has 0 saturated carbocycles. The lowest BCUT2D eigenvalue weighted by atomic mass is 10.2. The molecule has 12 heavy (non-hydrogen) atoms. The van der Waals surface area contributed by atoms with E-state index in [1.54, 1.807) is 12.1 Å². The van der Waals surface area contributed by atoms with Crippen LogP contribution in [-0.4, -0.2) is 22.3 Å². The third-order valence-electron chi connectivity index (χ3n) is 1.31. The van der Waals surface area contributed by atoms with Crippen LogP contribution in [0.3, 0.4) is 0 Å². The molecule has 0 radical (unpaired) electrons. The molecule has 3 nitrogen and oxygen atoms in total. The van der Waals surface area contributed by atoms with Gasteiger partial charge in [-0.1, -0.05) is 11.6 Å². The van der Waals surface area contributed by atoms with Gasteiger partial charge in [0.05, 0.1) is 4.34 Å². The zero-order chi connectivity index (χ0) is 9.14. The number of hydrogen-bond donors (Lipinski definition) is 2. The molecule has 0 bridgehead atoms. The maximum atomic E-state index is 10.2. The third-order valence-corrected chi connectivity index (χ3v) is 2.56. The van der Waals surface area contributed by atoms with Gasteiger partial charge in [-0.05, 0) is 12.1 Å². The fourth-order valence-corrected chi connectivity index (χ4v) is 1.86. The first-order valence-corrected chi connectivity index (χ1v) is 4.44. The number of aliphatic carboxylic acids is 1. The zero-order valence-corrected chi connectivity index (χ0v) is 7.60. The van der Waals surface area contributed by atoms with E-state index in [1.165, 1.54) is 11.3 Å². The molecule has 1 aromatic rings. The van der Waals surface area contributed by atoms with Crippen molar-refractivity contribution in [2.45, 2.75) is 12.5 Å². The van der Waals surface area contributed by atoms with E-state index in [4.69, 9.17) is 21.8 Å². The van der Waals surface area contributed by atoms with Crippen LogP contribution in [-0.2, 0) is 11.2 Å². The van der Waals surface area contributed by atoms with Crippen molar-refractivity contribution in [3.8, 4) is 0 Å². The third kappa shape index (κ3) is 2.48. The Hall–Kier alpha value is -0.580. The van der Waals surface area contributed by atoms with Crippen molar-refractivity contribution >= 4 is 28.9 Å². The van der Waals surface area contributed by atoms with Gasteiger partial charge >= 0.3 is 5.97 Å². The van der Waals surface area contributed by atoms with Crippen LogP contribution in [0.15, 0.2) is 12.1 Å². The molecule has 5 heteroatoms. The predicted molar refractivity (Wildman–Crippen MR) is 46.7 cm³/mol. The van der Waals surface area contributed by atoms with Crippen LogP contribution >= 0.6 is 22.9 Å². The van der Waals surface area contributed by atoms with Gasteiger partial charge < -0.3 is 10.2 Å². The maximum absolute atomic E-state index is 10.2. The summed E-state index contributed by atoms with van der Waals surface area (Å²) < 4.78 is 0.600. The lowest BCUT2D eigenvalue weighted by molar-refractivity contribution is -0.146. The largest absolute Gasteiger partial charge is 0.479 e. The molecule has 1 atom stereocenters. The highest BCUT2D eigenvalue weighted by Gasteiger charge is 2.14. The van der Waals surface area contributed by atoms with Crippen LogP contribution in [0.2, 0.25) is 4.34 Å². The van der Waals surface area contributed by atoms with Gasteiger partial charge in [-0.15, -0.1) is 11.3 Å². The molecule has 0 aliphatic rings. The second-order valence-electron chi connectivity index (χ2n) is 2.26. The van der Waals surface area contributed by atoms with E-state index >= 15 is 0 Å². The Morgan fingerprint density at radius 1 is 1.67 bits per heavy atom. The molecular formula is C7H7ClO3S. The summed E-state index contributed by atoms with van der Waals surface area (Å²) >= 11 is 6.89. The minimum Gasteiger partial charge on any atom is -0.479 e. The van der Waals surface area contributed by atoms with Gasteiger partial charge in [0.15, 0.2) is 6.10 Å². The average molecular weight is 207 g/mol. The number of halogens is 1. The predicted octanol–water partition coefficient (Wildman–Crippen LogP) is 1.39. The van der Waals surface area contributed by atoms with Gasteiger partial charge in [-0.25, -0.2) is 4.79 Å². The van der Waals surface area contributed by atoms with Crippen molar-refractivity contribution in [3.63, 3.8) is 0 Å². The van der Waals surface area contributed by atoms with E-state index in [2.05, 4.69) is 0 Å². The van der Waals surface area contributed by atoms with Crippen LogP contribution in [0, 0.1) is 0 Å². The SMILES string of the molecule is O=C(O)[C@H](O)Cc1ccc(Cl)s1. The second kappa shape index (κ2) is 3.89. The molecular weight excluding hydrogens is 200 g/mol. The molecule has 66 valence electrons. The number of aliphatic hydroxyl groups excluding tert-OH is 1. The number of aliphatic hydroxyl groups is 1. The van der Waals surface area contributed by atoms with Crippen molar-refractivity contribution in [2.24, 2.45) is 0 Å². The lowest BCUT2D eigenvalue weighted by Crippen LogP contribution is -2.21. The molecule has 0 fully saturated rings. The van der Waals surface area contributed by atoms with Crippen molar-refractivity contribution in [3.05, 3.63) is 21.3 Å². The van der Waals surface area contributed by atoms with Crippen LogP contribution in [0.4, 0.5) is 0 Å². The van der Waals surface area contributed by atoms with E-state index in [1.807, 2.05) is 0 Å². The highest BCUT2D eigenvalue weighted by molar-refractivity contribution is 7.16. The Kier molecular flexibility index (Phi) is 3.08. The Morgan fingerprint density at radius 2 is 2.33 bits per heavy atom. The van der Waals surface area contributed by atoms with Gasteiger partial charge in [-0.2, -0.15) is 0 Å². The summed E-state index contributed by atoms with van der Waals surface area (Å²) in [6, 6.07) is 3.38. The fraction of sp³-hybridized carbons (Fsp3) is 0.286. The van der Waals surface area contributed by atoms with Crippen LogP contribution < -0.4 is 0 Å². The first-order valence-electron chi connectivity index (χ1n) is 3.24. The summed E-state index contributed by atoms with van der Waals surface area (Å²) in [4.78, 5) is 11.0. The van der Waals surface area contributed by atoms with Gasteiger partial charge in [0.1, 0.15) is 0 Å². The van der Waals surface area contributed by atoms with Crippen molar-refractivity contribution in [1.82, 2.24) is 0 Å². The van der Waals surface area contributed by atoms with Gasteiger partial charge in [-0.3, -0.25) is 0 Å². The number of carboxylic acid groups (broad SMARTS) is 1. The standard InChI is InChI=1S/C7H7ClO3S/c8-6-2-1-4(12-6)3-5(9)7(10)11/h1-2,5,9H,3H2,(H,10,11)/t5-/m1/s1. The smallest absolute Gasteiger partial charge is 0.332 e. The molecule has 2 N–H and O–H groups in total. The number of hydrogen-bond acceptors (Lipinski definition) is 3. The first-order chi connectivity index (χ1) is 5.59. The number of carbonyl (C=O) groups is 1. The molecule has 0 unspecified atom stereocenters. The lowest BCUT2D eigenvalue weighted by Gasteiger charge is -2.01. The van der Waals surface area contributed by atoms with E-state index in [-0.39, 0.29) is 6.42 Å². The molecule has 0 aliphatic heterocycles. The van der Waals surface area contributed by atoms with Crippen molar-refractivity contribution in [2.75, 3.05) is 0 Å². The number of carboxylic acids is 1. The topological polar surface area (TPSA) is 57.5 Å². The van der Waals surface area contributed by atoms with Crippen LogP contribution in [0.25, 0.3) is 0 Å². The van der Waals surface area contributed by atoms with E-state index in [9.17, 15) is 4.79 Å². The Bertz CT molecular complexity index is 284. The van der Waals surface area contributed by atoms with E-state index in [0.29, 0.717) is 4.34 Å². The van der Waals surface area contributed by atoms with Crippen LogP contribution in [0.5, 0.6) is 0 Å². The quantitative estimate of drug-likeness (QED) is 0.786. The minimum atomic E-state index is -1.33. The summed E-state index contributed by atoms with van der Waals surface area (Å²) in [5, 5.41) is 17.3. The Labute approximate surface area is 78.2 Å². The zero-order valence-electron chi connectivity index (χ0n) is 6.03. The minimum absolute atomic E-state index is 0.118. The molecule has 1 heterocycles. The first kappa shape index (κ1) is 9.51. The van der Waals surface area contributed by atoms with Crippen molar-refractivity contribution in [1.29, 1.82) is 0 Å². The number of rotatable bonds is 3. The van der Waals surface area contributed by atoms with Gasteiger partial charge in [0, 0.05) is 11.3 Å². The summed E-state index contributed by atoms with van der Waals surface area (Å²) in [7, 11) is 0. The Balaban J connectivity index is 2.58. The Morgan fingerprint density at radius 3 is 2.75 bits per heavy atom. The van der Waals surface area contributed by atoms with E-state index < -0.39 is 12.1 Å². The molecule has 0 amide bonds. The summed E-state index contributed by atoms with van der Waals surface area (Å²) in [6.45, 7) is 0. The second-order valence-corrected chi connectivity index (χ2v) is 4.06. The summed E-state index contributed by atoms with van der Waals surface area (Å²) in [5.41, 5.74) is 0. The molecule has 0 aliphatic carbocycles. The van der Waals surface area contributed by atoms with Gasteiger partial charge in [0.2, 0.25) is 0 Å². The van der Waals surface area contributed by atoms with Crippen molar-refractivity contribution < 1.29 is 15.0 Å². The van der Waals surface area contributed by atoms with E-state index in [0.717, 1.165) is 4.88 Å². The molecule has 0 spiro atoms. The maximum Gasteiger partial charge on any atom is 0.332 e. The molecule has 1 aromatic heterocycles. The average Bonchev–Trinajstić information content (AvgIpc) is 2.35. The van der Waals surface area contributed by atoms with Gasteiger partial charge in [0.25, 0.3) is 0 Å². The summed E-state index contributed by atoms with van der Waals surface area (Å²) in [6.07, 6.45) is -1.22. The highest BCUT2D eigenvalue weighted by atomic mass is 35.5.